The van der Waals surface area contributed by atoms with Crippen molar-refractivity contribution in [1.29, 1.82) is 0 Å². The van der Waals surface area contributed by atoms with E-state index in [2.05, 4.69) is 15.4 Å². The van der Waals surface area contributed by atoms with Crippen LogP contribution in [0.3, 0.4) is 0 Å². The number of aliphatic hydroxyl groups excluding tert-OH is 1. The fourth-order valence-electron chi connectivity index (χ4n) is 5.91. The SMILES string of the molecule is COC(=O)N[C@H](C(=O)N1CCN(n2c(C(C)N(C(=O)Nc3ccc(F)cc3)c3ccc(OC)cc3OC)nc3cc(Cl)ccc3c2=O)CC1)[C@@H](C)O.[HH].[HH]. The second-order valence-electron chi connectivity index (χ2n) is 11.9. The molecule has 0 saturated carbocycles. The molecular weight excluding hydrogens is 701 g/mol. The van der Waals surface area contributed by atoms with Gasteiger partial charge in [-0.3, -0.25) is 14.5 Å². The van der Waals surface area contributed by atoms with Crippen LogP contribution >= 0.6 is 11.6 Å². The Morgan fingerprint density at radius 1 is 0.981 bits per heavy atom. The standard InChI is InChI=1S/C35H39ClFN7O8.2H2/c1-20(43(28-13-11-25(50-3)19-29(28)51-4)34(48)38-24-9-7-23(37)8-10-24)31-39-27-18-22(36)6-12-26(27)32(46)44(31)42-16-14-41(15-17-42)33(47)30(21(2)45)40-35(49)52-5;;/h6-13,18-21,30,45H,14-17H2,1-5H3,(H,38,48)(H,40,49);2*1H/t20?,21-,30+;;/m1../s1. The number of hydrogen-bond donors (Lipinski definition) is 3. The monoisotopic (exact) mass is 743 g/mol. The molecule has 1 aromatic heterocycles. The number of carbonyl (C=O) groups is 3. The number of urea groups is 1. The number of anilines is 2. The summed E-state index contributed by atoms with van der Waals surface area (Å²) in [6.07, 6.45) is -2.08. The minimum atomic E-state index is -1.25. The molecule has 4 aromatic rings. The molecule has 1 aliphatic heterocycles. The molecule has 1 aliphatic rings. The molecule has 0 bridgehead atoms. The molecule has 0 radical (unpaired) electrons. The molecule has 1 unspecified atom stereocenters. The van der Waals surface area contributed by atoms with Crippen LogP contribution in [0.25, 0.3) is 10.9 Å². The molecule has 0 aliphatic carbocycles. The van der Waals surface area contributed by atoms with E-state index >= 15 is 0 Å². The maximum absolute atomic E-state index is 14.4. The number of nitrogens with zero attached hydrogens (tertiary/aromatic N) is 5. The minimum Gasteiger partial charge on any atom is -0.497 e. The van der Waals surface area contributed by atoms with Crippen molar-refractivity contribution in [2.75, 3.05) is 62.7 Å². The predicted octanol–water partition coefficient (Wildman–Crippen LogP) is 4.38. The molecule has 4 amide bonds. The van der Waals surface area contributed by atoms with Crippen LogP contribution < -0.4 is 35.6 Å². The van der Waals surface area contributed by atoms with E-state index in [-0.39, 0.29) is 46.0 Å². The molecule has 280 valence electrons. The normalized spacial score (nSPS) is 14.6. The van der Waals surface area contributed by atoms with Crippen LogP contribution in [0.4, 0.5) is 25.4 Å². The summed E-state index contributed by atoms with van der Waals surface area (Å²) in [7, 11) is 4.08. The summed E-state index contributed by atoms with van der Waals surface area (Å²) in [6, 6.07) is 12.0. The van der Waals surface area contributed by atoms with Gasteiger partial charge in [0, 0.05) is 32.7 Å². The number of carbonyl (C=O) groups excluding carboxylic acids is 3. The topological polar surface area (TPSA) is 168 Å². The third kappa shape index (κ3) is 7.97. The number of rotatable bonds is 10. The molecule has 52 heavy (non-hydrogen) atoms. The third-order valence-corrected chi connectivity index (χ3v) is 8.85. The highest BCUT2D eigenvalue weighted by molar-refractivity contribution is 6.31. The molecular formula is C35H43ClFN7O8. The first kappa shape index (κ1) is 37.6. The van der Waals surface area contributed by atoms with Gasteiger partial charge in [0.15, 0.2) is 5.82 Å². The van der Waals surface area contributed by atoms with E-state index in [1.165, 1.54) is 59.9 Å². The summed E-state index contributed by atoms with van der Waals surface area (Å²) < 4.78 is 30.8. The van der Waals surface area contributed by atoms with Gasteiger partial charge in [-0.1, -0.05) is 11.6 Å². The summed E-state index contributed by atoms with van der Waals surface area (Å²) in [5.41, 5.74) is 0.460. The zero-order valence-electron chi connectivity index (χ0n) is 29.1. The second kappa shape index (κ2) is 16.2. The number of nitrogens with one attached hydrogen (secondary N) is 2. The Morgan fingerprint density at radius 3 is 2.29 bits per heavy atom. The molecule has 3 N–H and O–H groups in total. The first-order valence-electron chi connectivity index (χ1n) is 16.2. The summed E-state index contributed by atoms with van der Waals surface area (Å²) in [4.78, 5) is 61.6. The number of aromatic nitrogens is 2. The van der Waals surface area contributed by atoms with Gasteiger partial charge in [-0.05, 0) is 68.4 Å². The van der Waals surface area contributed by atoms with Gasteiger partial charge in [-0.25, -0.2) is 23.6 Å². The third-order valence-electron chi connectivity index (χ3n) is 8.61. The highest BCUT2D eigenvalue weighted by atomic mass is 35.5. The van der Waals surface area contributed by atoms with Crippen LogP contribution in [0, 0.1) is 5.82 Å². The Morgan fingerprint density at radius 2 is 1.67 bits per heavy atom. The molecule has 15 nitrogen and oxygen atoms in total. The minimum absolute atomic E-state index is 0. The lowest BCUT2D eigenvalue weighted by Crippen LogP contribution is -2.61. The van der Waals surface area contributed by atoms with Crippen molar-refractivity contribution < 1.29 is 40.9 Å². The summed E-state index contributed by atoms with van der Waals surface area (Å²) in [6.45, 7) is 3.59. The molecule has 1 fully saturated rings. The summed E-state index contributed by atoms with van der Waals surface area (Å²) >= 11 is 6.33. The Balaban J connectivity index is 0.00000392. The van der Waals surface area contributed by atoms with Gasteiger partial charge in [0.25, 0.3) is 5.56 Å². The number of fused-ring (bicyclic) bond motifs is 1. The van der Waals surface area contributed by atoms with Crippen LogP contribution in [0.2, 0.25) is 5.02 Å². The molecule has 0 spiro atoms. The van der Waals surface area contributed by atoms with E-state index in [4.69, 9.17) is 26.1 Å². The van der Waals surface area contributed by atoms with Crippen molar-refractivity contribution in [3.05, 3.63) is 87.7 Å². The molecule has 17 heteroatoms. The lowest BCUT2D eigenvalue weighted by atomic mass is 10.1. The fraction of sp³-hybridized carbons (Fsp3) is 0.343. The van der Waals surface area contributed by atoms with Crippen LogP contribution in [-0.2, 0) is 9.53 Å². The van der Waals surface area contributed by atoms with Gasteiger partial charge < -0.3 is 39.9 Å². The van der Waals surface area contributed by atoms with E-state index in [1.807, 2.05) is 0 Å². The van der Waals surface area contributed by atoms with Gasteiger partial charge in [0.2, 0.25) is 5.91 Å². The highest BCUT2D eigenvalue weighted by Crippen LogP contribution is 2.37. The number of piperazine rings is 1. The Bertz CT molecular complexity index is 2020. The lowest BCUT2D eigenvalue weighted by molar-refractivity contribution is -0.136. The van der Waals surface area contributed by atoms with E-state index in [0.717, 1.165) is 7.11 Å². The fourth-order valence-corrected chi connectivity index (χ4v) is 6.07. The van der Waals surface area contributed by atoms with E-state index < -0.39 is 47.6 Å². The average molecular weight is 744 g/mol. The highest BCUT2D eigenvalue weighted by Gasteiger charge is 2.35. The van der Waals surface area contributed by atoms with Crippen molar-refractivity contribution >= 4 is 51.9 Å². The Hall–Kier alpha value is -5.61. The second-order valence-corrected chi connectivity index (χ2v) is 12.3. The number of ether oxygens (including phenoxy) is 3. The van der Waals surface area contributed by atoms with Gasteiger partial charge in [-0.2, -0.15) is 0 Å². The van der Waals surface area contributed by atoms with Crippen molar-refractivity contribution in [2.24, 2.45) is 0 Å². The number of alkyl carbamates (subject to hydrolysis) is 1. The van der Waals surface area contributed by atoms with Crippen molar-refractivity contribution in [3.63, 3.8) is 0 Å². The van der Waals surface area contributed by atoms with E-state index in [1.54, 1.807) is 48.3 Å². The Kier molecular flexibility index (Phi) is 11.7. The number of amides is 4. The maximum Gasteiger partial charge on any atom is 0.407 e. The van der Waals surface area contributed by atoms with Crippen LogP contribution in [0.1, 0.15) is 28.6 Å². The zero-order valence-corrected chi connectivity index (χ0v) is 29.9. The van der Waals surface area contributed by atoms with Gasteiger partial charge >= 0.3 is 12.1 Å². The smallest absolute Gasteiger partial charge is 0.407 e. The van der Waals surface area contributed by atoms with Crippen molar-refractivity contribution in [1.82, 2.24) is 19.9 Å². The Labute approximate surface area is 306 Å². The van der Waals surface area contributed by atoms with Gasteiger partial charge in [0.05, 0.1) is 63.2 Å². The van der Waals surface area contributed by atoms with Crippen LogP contribution in [-0.4, -0.2) is 97.4 Å². The number of benzene rings is 3. The number of hydrogen-bond acceptors (Lipinski definition) is 10. The van der Waals surface area contributed by atoms with E-state index in [9.17, 15) is 28.7 Å². The first-order chi connectivity index (χ1) is 24.9. The van der Waals surface area contributed by atoms with Gasteiger partial charge in [0.1, 0.15) is 23.4 Å². The molecule has 3 aromatic carbocycles. The maximum atomic E-state index is 14.4. The van der Waals surface area contributed by atoms with Crippen molar-refractivity contribution in [3.8, 4) is 11.5 Å². The summed E-state index contributed by atoms with van der Waals surface area (Å²) in [5, 5.41) is 17.7. The number of aliphatic hydroxyl groups is 1. The largest absolute Gasteiger partial charge is 0.497 e. The molecule has 2 heterocycles. The quantitative estimate of drug-likeness (QED) is 0.212. The average Bonchev–Trinajstić information content (AvgIpc) is 3.14. The predicted molar refractivity (Wildman–Crippen MR) is 197 cm³/mol. The lowest BCUT2D eigenvalue weighted by Gasteiger charge is -2.40. The van der Waals surface area contributed by atoms with Gasteiger partial charge in [-0.15, -0.1) is 0 Å². The van der Waals surface area contributed by atoms with Crippen molar-refractivity contribution in [2.45, 2.75) is 32.0 Å². The number of halogens is 2. The first-order valence-corrected chi connectivity index (χ1v) is 16.6. The number of methoxy groups -OCH3 is 3. The molecule has 3 atom stereocenters. The molecule has 5 rings (SSSR count). The molecule has 1 saturated heterocycles. The van der Waals surface area contributed by atoms with Crippen LogP contribution in [0.5, 0.6) is 11.5 Å². The zero-order chi connectivity index (χ0) is 37.7. The van der Waals surface area contributed by atoms with E-state index in [0.29, 0.717) is 27.7 Å². The van der Waals surface area contributed by atoms with Crippen LogP contribution in [0.15, 0.2) is 65.5 Å². The summed E-state index contributed by atoms with van der Waals surface area (Å²) in [5.74, 6) is -0.109.